The highest BCUT2D eigenvalue weighted by Crippen LogP contribution is 2.02. The van der Waals surface area contributed by atoms with Gasteiger partial charge in [-0.15, -0.1) is 0 Å². The summed E-state index contributed by atoms with van der Waals surface area (Å²) in [5, 5.41) is 0. The third kappa shape index (κ3) is 23.1. The van der Waals surface area contributed by atoms with Crippen LogP contribution in [0.1, 0.15) is 25.8 Å². The molecule has 0 aliphatic rings. The minimum atomic E-state index is -5.17. The molecule has 0 radical (unpaired) electrons. The number of hydrogen-bond acceptors (Lipinski definition) is 5. The molecule has 0 saturated heterocycles. The minimum absolute atomic E-state index is 0.829. The summed E-state index contributed by atoms with van der Waals surface area (Å²) >= 11 is 0. The SMILES string of the molecule is CCC.Cc1ccc(N)cc1.O=S(=O)([O-])[O-]. The van der Waals surface area contributed by atoms with Gasteiger partial charge in [0.25, 0.3) is 0 Å². The van der Waals surface area contributed by atoms with Crippen molar-refractivity contribution >= 4 is 16.1 Å². The summed E-state index contributed by atoms with van der Waals surface area (Å²) in [5.41, 5.74) is 7.51. The smallest absolute Gasteiger partial charge is 0.0314 e. The highest BCUT2D eigenvalue weighted by atomic mass is 32.3. The lowest BCUT2D eigenvalue weighted by atomic mass is 10.2. The summed E-state index contributed by atoms with van der Waals surface area (Å²) in [6.45, 7) is 6.29. The molecule has 0 saturated carbocycles. The average Bonchev–Trinajstić information content (AvgIpc) is 2.09. The topological polar surface area (TPSA) is 106 Å². The van der Waals surface area contributed by atoms with E-state index in [-0.39, 0.29) is 0 Å². The molecule has 2 N–H and O–H groups in total. The fraction of sp³-hybridized carbons (Fsp3) is 0.400. The summed E-state index contributed by atoms with van der Waals surface area (Å²) in [5.74, 6) is 0. The van der Waals surface area contributed by atoms with Crippen LogP contribution in [0, 0.1) is 6.92 Å². The van der Waals surface area contributed by atoms with Crippen molar-refractivity contribution < 1.29 is 17.5 Å². The van der Waals surface area contributed by atoms with E-state index in [1.165, 1.54) is 12.0 Å². The van der Waals surface area contributed by atoms with Crippen LogP contribution in [0.2, 0.25) is 0 Å². The first-order valence-electron chi connectivity index (χ1n) is 4.69. The van der Waals surface area contributed by atoms with Crippen molar-refractivity contribution in [3.05, 3.63) is 29.8 Å². The maximum Gasteiger partial charge on any atom is 0.0314 e. The number of nitrogen functional groups attached to an aromatic ring is 1. The molecule has 1 aromatic carbocycles. The Balaban J connectivity index is 0. The largest absolute Gasteiger partial charge is 0.759 e. The van der Waals surface area contributed by atoms with Crippen LogP contribution < -0.4 is 5.73 Å². The van der Waals surface area contributed by atoms with Crippen LogP contribution in [0.3, 0.4) is 0 Å². The quantitative estimate of drug-likeness (QED) is 0.426. The van der Waals surface area contributed by atoms with Crippen LogP contribution in [0.4, 0.5) is 5.69 Å². The Hall–Kier alpha value is -1.11. The normalized spacial score (nSPS) is 9.31. The van der Waals surface area contributed by atoms with Gasteiger partial charge >= 0.3 is 0 Å². The Morgan fingerprint density at radius 1 is 1.12 bits per heavy atom. The van der Waals surface area contributed by atoms with E-state index in [2.05, 4.69) is 13.8 Å². The zero-order valence-electron chi connectivity index (χ0n) is 9.64. The van der Waals surface area contributed by atoms with Gasteiger partial charge in [-0.25, -0.2) is 0 Å². The molecule has 0 bridgehead atoms. The van der Waals surface area contributed by atoms with E-state index in [0.717, 1.165) is 5.69 Å². The van der Waals surface area contributed by atoms with Crippen LogP contribution in [0.5, 0.6) is 0 Å². The molecule has 0 atom stereocenters. The van der Waals surface area contributed by atoms with Crippen LogP contribution >= 0.6 is 0 Å². The molecular formula is C10H17NO4S-2. The van der Waals surface area contributed by atoms with Gasteiger partial charge in [-0.1, -0.05) is 38.0 Å². The summed E-state index contributed by atoms with van der Waals surface area (Å²) in [6, 6.07) is 7.79. The van der Waals surface area contributed by atoms with E-state index >= 15 is 0 Å². The maximum atomic E-state index is 8.52. The Kier molecular flexibility index (Phi) is 9.88. The third-order valence-electron chi connectivity index (χ3n) is 1.08. The second kappa shape index (κ2) is 9.14. The Morgan fingerprint density at radius 2 is 1.38 bits per heavy atom. The van der Waals surface area contributed by atoms with Gasteiger partial charge in [0.15, 0.2) is 0 Å². The van der Waals surface area contributed by atoms with Crippen LogP contribution in [-0.4, -0.2) is 17.5 Å². The minimum Gasteiger partial charge on any atom is -0.759 e. The van der Waals surface area contributed by atoms with Gasteiger partial charge in [-0.2, -0.15) is 0 Å². The lowest BCUT2D eigenvalue weighted by Gasteiger charge is -2.06. The van der Waals surface area contributed by atoms with E-state index in [1.54, 1.807) is 0 Å². The third-order valence-corrected chi connectivity index (χ3v) is 1.08. The van der Waals surface area contributed by atoms with E-state index in [4.69, 9.17) is 23.3 Å². The Morgan fingerprint density at radius 3 is 1.56 bits per heavy atom. The lowest BCUT2D eigenvalue weighted by Crippen LogP contribution is -1.91. The summed E-state index contributed by atoms with van der Waals surface area (Å²) < 4.78 is 34.1. The van der Waals surface area contributed by atoms with E-state index < -0.39 is 10.4 Å². The van der Waals surface area contributed by atoms with Crippen molar-refractivity contribution in [3.63, 3.8) is 0 Å². The molecule has 1 aromatic rings. The van der Waals surface area contributed by atoms with Gasteiger partial charge in [0.05, 0.1) is 0 Å². The number of nitrogens with two attached hydrogens (primary N) is 1. The van der Waals surface area contributed by atoms with Crippen molar-refractivity contribution in [2.24, 2.45) is 0 Å². The highest BCUT2D eigenvalue weighted by Gasteiger charge is 1.80. The van der Waals surface area contributed by atoms with Crippen LogP contribution in [0.15, 0.2) is 24.3 Å². The van der Waals surface area contributed by atoms with Gasteiger partial charge in [0.2, 0.25) is 0 Å². The van der Waals surface area contributed by atoms with Crippen molar-refractivity contribution in [1.82, 2.24) is 0 Å². The molecule has 0 fully saturated rings. The predicted octanol–water partition coefficient (Wildman–Crippen LogP) is 1.66. The standard InChI is InChI=1S/C7H9N.C3H8.H2O4S/c1-6-2-4-7(8)5-3-6;1-3-2;1-5(2,3)4/h2-5H,8H2,1H3;3H2,1-2H3;(H2,1,2,3,4)/p-2. The lowest BCUT2D eigenvalue weighted by molar-refractivity contribution is 0.352. The first kappa shape index (κ1) is 17.3. The van der Waals surface area contributed by atoms with E-state index in [9.17, 15) is 0 Å². The summed E-state index contributed by atoms with van der Waals surface area (Å²) in [4.78, 5) is 0. The van der Waals surface area contributed by atoms with Crippen LogP contribution in [0.25, 0.3) is 0 Å². The molecule has 5 nitrogen and oxygen atoms in total. The number of aryl methyl sites for hydroxylation is 1. The zero-order chi connectivity index (χ0) is 13.2. The zero-order valence-corrected chi connectivity index (χ0v) is 10.5. The van der Waals surface area contributed by atoms with Gasteiger partial charge in [0, 0.05) is 16.1 Å². The van der Waals surface area contributed by atoms with E-state index in [1.807, 2.05) is 31.2 Å². The van der Waals surface area contributed by atoms with Crippen molar-refractivity contribution in [1.29, 1.82) is 0 Å². The van der Waals surface area contributed by atoms with Crippen molar-refractivity contribution in [3.8, 4) is 0 Å². The van der Waals surface area contributed by atoms with Gasteiger partial charge in [0.1, 0.15) is 0 Å². The molecule has 0 spiro atoms. The summed E-state index contributed by atoms with van der Waals surface area (Å²) in [7, 11) is -5.17. The molecule has 0 unspecified atom stereocenters. The number of benzene rings is 1. The molecule has 0 aliphatic heterocycles. The molecule has 6 heteroatoms. The van der Waals surface area contributed by atoms with Gasteiger partial charge in [-0.3, -0.25) is 8.42 Å². The van der Waals surface area contributed by atoms with E-state index in [0.29, 0.717) is 0 Å². The molecular weight excluding hydrogens is 230 g/mol. The average molecular weight is 247 g/mol. The van der Waals surface area contributed by atoms with Gasteiger partial charge < -0.3 is 14.8 Å². The number of anilines is 1. The van der Waals surface area contributed by atoms with Crippen molar-refractivity contribution in [2.75, 3.05) is 5.73 Å². The molecule has 16 heavy (non-hydrogen) atoms. The molecule has 0 aromatic heterocycles. The Bertz CT molecular complexity index is 330. The number of hydrogen-bond donors (Lipinski definition) is 1. The van der Waals surface area contributed by atoms with Crippen molar-refractivity contribution in [2.45, 2.75) is 27.2 Å². The molecule has 0 aliphatic carbocycles. The Labute approximate surface area is 96.9 Å². The molecule has 0 heterocycles. The maximum absolute atomic E-state index is 8.52. The first-order valence-corrected chi connectivity index (χ1v) is 6.02. The monoisotopic (exact) mass is 247 g/mol. The van der Waals surface area contributed by atoms with Crippen LogP contribution in [-0.2, 0) is 10.4 Å². The highest BCUT2D eigenvalue weighted by molar-refractivity contribution is 7.79. The fourth-order valence-corrected chi connectivity index (χ4v) is 0.566. The molecule has 94 valence electrons. The second-order valence-corrected chi connectivity index (χ2v) is 3.84. The fourth-order valence-electron chi connectivity index (χ4n) is 0.566. The predicted molar refractivity (Wildman–Crippen MR) is 62.0 cm³/mol. The summed E-state index contributed by atoms with van der Waals surface area (Å²) in [6.07, 6.45) is 1.25. The number of rotatable bonds is 0. The van der Waals surface area contributed by atoms with Gasteiger partial charge in [-0.05, 0) is 19.1 Å². The first-order chi connectivity index (χ1) is 7.20. The molecule has 1 rings (SSSR count). The molecule has 0 amide bonds. The second-order valence-electron chi connectivity index (χ2n) is 3.03.